The second kappa shape index (κ2) is 9.77. The van der Waals surface area contributed by atoms with Crippen LogP contribution in [0, 0.1) is 5.92 Å². The van der Waals surface area contributed by atoms with Crippen molar-refractivity contribution < 1.29 is 4.79 Å². The third kappa shape index (κ3) is 4.88. The molecule has 0 saturated carbocycles. The van der Waals surface area contributed by atoms with Crippen molar-refractivity contribution in [3.05, 3.63) is 71.0 Å². The zero-order valence-corrected chi connectivity index (χ0v) is 18.5. The summed E-state index contributed by atoms with van der Waals surface area (Å²) in [6.45, 7) is 4.76. The van der Waals surface area contributed by atoms with Gasteiger partial charge in [0.2, 0.25) is 5.91 Å². The summed E-state index contributed by atoms with van der Waals surface area (Å²) in [6.07, 6.45) is 4.52. The van der Waals surface area contributed by atoms with E-state index in [1.54, 1.807) is 17.0 Å². The molecular formula is C25H29N5O2. The SMILES string of the molecule is CC(C)[C@H](NC(=O)CCCCCn1cnc2ccccc2c1=O)c1nc2ccccc2[nH]1. The Morgan fingerprint density at radius 2 is 1.78 bits per heavy atom. The summed E-state index contributed by atoms with van der Waals surface area (Å²) >= 11 is 0. The number of hydrogen-bond donors (Lipinski definition) is 2. The van der Waals surface area contributed by atoms with E-state index in [9.17, 15) is 9.59 Å². The maximum Gasteiger partial charge on any atom is 0.261 e. The molecule has 2 aromatic carbocycles. The number of hydrogen-bond acceptors (Lipinski definition) is 4. The number of carbonyl (C=O) groups excluding carboxylic acids is 1. The van der Waals surface area contributed by atoms with Crippen molar-refractivity contribution in [2.75, 3.05) is 0 Å². The molecule has 4 rings (SSSR count). The van der Waals surface area contributed by atoms with E-state index in [-0.39, 0.29) is 23.4 Å². The second-order valence-electron chi connectivity index (χ2n) is 8.50. The first-order chi connectivity index (χ1) is 15.5. The normalized spacial score (nSPS) is 12.5. The van der Waals surface area contributed by atoms with E-state index in [0.29, 0.717) is 18.4 Å². The molecule has 0 bridgehead atoms. The maximum absolute atomic E-state index is 12.6. The number of imidazole rings is 1. The van der Waals surface area contributed by atoms with Crippen LogP contribution < -0.4 is 10.9 Å². The van der Waals surface area contributed by atoms with Gasteiger partial charge in [-0.3, -0.25) is 14.2 Å². The van der Waals surface area contributed by atoms with E-state index in [0.717, 1.165) is 41.6 Å². The van der Waals surface area contributed by atoms with Crippen molar-refractivity contribution >= 4 is 27.8 Å². The average molecular weight is 432 g/mol. The lowest BCUT2D eigenvalue weighted by atomic mass is 10.0. The van der Waals surface area contributed by atoms with Crippen LogP contribution in [0.2, 0.25) is 0 Å². The number of amides is 1. The number of nitrogens with one attached hydrogen (secondary N) is 2. The molecule has 32 heavy (non-hydrogen) atoms. The quantitative estimate of drug-likeness (QED) is 0.386. The molecule has 2 N–H and O–H groups in total. The van der Waals surface area contributed by atoms with Crippen LogP contribution in [-0.4, -0.2) is 25.4 Å². The summed E-state index contributed by atoms with van der Waals surface area (Å²) in [5.41, 5.74) is 2.58. The molecule has 0 fully saturated rings. The van der Waals surface area contributed by atoms with Gasteiger partial charge in [-0.2, -0.15) is 0 Å². The van der Waals surface area contributed by atoms with Gasteiger partial charge in [0.1, 0.15) is 5.82 Å². The molecule has 4 aromatic rings. The number of rotatable bonds is 9. The summed E-state index contributed by atoms with van der Waals surface area (Å²) in [5, 5.41) is 3.77. The van der Waals surface area contributed by atoms with E-state index >= 15 is 0 Å². The third-order valence-corrected chi connectivity index (χ3v) is 5.72. The summed E-state index contributed by atoms with van der Waals surface area (Å²) in [6, 6.07) is 15.1. The van der Waals surface area contributed by atoms with E-state index in [4.69, 9.17) is 0 Å². The van der Waals surface area contributed by atoms with Crippen LogP contribution in [0.5, 0.6) is 0 Å². The molecule has 1 atom stereocenters. The van der Waals surface area contributed by atoms with Gasteiger partial charge in [-0.05, 0) is 43.0 Å². The number of aryl methyl sites for hydroxylation is 1. The number of carbonyl (C=O) groups is 1. The van der Waals surface area contributed by atoms with Crippen molar-refractivity contribution in [3.8, 4) is 0 Å². The maximum atomic E-state index is 12.6. The van der Waals surface area contributed by atoms with Gasteiger partial charge >= 0.3 is 0 Å². The van der Waals surface area contributed by atoms with Gasteiger partial charge in [-0.1, -0.05) is 44.5 Å². The molecule has 0 aliphatic heterocycles. The van der Waals surface area contributed by atoms with Crippen LogP contribution in [0.15, 0.2) is 59.7 Å². The smallest absolute Gasteiger partial charge is 0.261 e. The first-order valence-corrected chi connectivity index (χ1v) is 11.2. The van der Waals surface area contributed by atoms with Gasteiger partial charge in [0.25, 0.3) is 5.56 Å². The highest BCUT2D eigenvalue weighted by atomic mass is 16.1. The van der Waals surface area contributed by atoms with Gasteiger partial charge in [0.15, 0.2) is 0 Å². The lowest BCUT2D eigenvalue weighted by Crippen LogP contribution is -2.32. The number of fused-ring (bicyclic) bond motifs is 2. The van der Waals surface area contributed by atoms with Crippen molar-refractivity contribution in [1.82, 2.24) is 24.8 Å². The molecule has 2 heterocycles. The molecule has 166 valence electrons. The minimum atomic E-state index is -0.155. The highest BCUT2D eigenvalue weighted by Crippen LogP contribution is 2.22. The van der Waals surface area contributed by atoms with Crippen molar-refractivity contribution in [1.29, 1.82) is 0 Å². The minimum Gasteiger partial charge on any atom is -0.346 e. The predicted octanol–water partition coefficient (Wildman–Crippen LogP) is 4.35. The number of para-hydroxylation sites is 3. The Kier molecular flexibility index (Phi) is 6.63. The number of aromatic amines is 1. The Balaban J connectivity index is 1.27. The fraction of sp³-hybridized carbons (Fsp3) is 0.360. The Hall–Kier alpha value is -3.48. The lowest BCUT2D eigenvalue weighted by molar-refractivity contribution is -0.122. The number of unbranched alkanes of at least 4 members (excludes halogenated alkanes) is 2. The van der Waals surface area contributed by atoms with Gasteiger partial charge in [0.05, 0.1) is 34.3 Å². The minimum absolute atomic E-state index is 0.0149. The van der Waals surface area contributed by atoms with Crippen molar-refractivity contribution in [3.63, 3.8) is 0 Å². The van der Waals surface area contributed by atoms with Crippen LogP contribution >= 0.6 is 0 Å². The molecule has 0 aliphatic carbocycles. The van der Waals surface area contributed by atoms with Gasteiger partial charge in [-0.25, -0.2) is 9.97 Å². The molecular weight excluding hydrogens is 402 g/mol. The zero-order chi connectivity index (χ0) is 22.5. The van der Waals surface area contributed by atoms with E-state index in [1.165, 1.54) is 0 Å². The Labute approximate surface area is 186 Å². The summed E-state index contributed by atoms with van der Waals surface area (Å²) in [7, 11) is 0. The summed E-state index contributed by atoms with van der Waals surface area (Å²) < 4.78 is 1.65. The standard InChI is InChI=1S/C25H29N5O2/c1-17(2)23(24-27-20-12-7-8-13-21(20)28-24)29-22(31)14-4-3-9-15-30-16-26-19-11-6-5-10-18(19)25(30)32/h5-8,10-13,16-17,23H,3-4,9,14-15H2,1-2H3,(H,27,28)(H,29,31)/t23-/m0/s1. The van der Waals surface area contributed by atoms with Crippen LogP contribution in [0.4, 0.5) is 0 Å². The van der Waals surface area contributed by atoms with Gasteiger partial charge in [0, 0.05) is 13.0 Å². The van der Waals surface area contributed by atoms with E-state index in [2.05, 4.69) is 34.1 Å². The van der Waals surface area contributed by atoms with Crippen LogP contribution in [0.1, 0.15) is 51.4 Å². The van der Waals surface area contributed by atoms with Crippen LogP contribution in [0.3, 0.4) is 0 Å². The van der Waals surface area contributed by atoms with Crippen molar-refractivity contribution in [2.24, 2.45) is 5.92 Å². The zero-order valence-electron chi connectivity index (χ0n) is 18.5. The third-order valence-electron chi connectivity index (χ3n) is 5.72. The van der Waals surface area contributed by atoms with E-state index < -0.39 is 0 Å². The molecule has 0 saturated heterocycles. The molecule has 7 heteroatoms. The molecule has 0 unspecified atom stereocenters. The number of nitrogens with zero attached hydrogens (tertiary/aromatic N) is 3. The highest BCUT2D eigenvalue weighted by Gasteiger charge is 2.21. The molecule has 7 nitrogen and oxygen atoms in total. The van der Waals surface area contributed by atoms with Crippen LogP contribution in [0.25, 0.3) is 21.9 Å². The summed E-state index contributed by atoms with van der Waals surface area (Å²) in [4.78, 5) is 37.4. The molecule has 1 amide bonds. The fourth-order valence-corrected chi connectivity index (χ4v) is 3.93. The largest absolute Gasteiger partial charge is 0.346 e. The molecule has 0 radical (unpaired) electrons. The van der Waals surface area contributed by atoms with Gasteiger partial charge in [-0.15, -0.1) is 0 Å². The molecule has 0 spiro atoms. The second-order valence-corrected chi connectivity index (χ2v) is 8.50. The van der Waals surface area contributed by atoms with Crippen LogP contribution in [-0.2, 0) is 11.3 Å². The van der Waals surface area contributed by atoms with E-state index in [1.807, 2.05) is 42.5 Å². The topological polar surface area (TPSA) is 92.7 Å². The highest BCUT2D eigenvalue weighted by molar-refractivity contribution is 5.78. The lowest BCUT2D eigenvalue weighted by Gasteiger charge is -2.20. The summed E-state index contributed by atoms with van der Waals surface area (Å²) in [5.74, 6) is 1.03. The number of benzene rings is 2. The number of H-pyrrole nitrogens is 1. The van der Waals surface area contributed by atoms with Gasteiger partial charge < -0.3 is 10.3 Å². The Morgan fingerprint density at radius 3 is 2.56 bits per heavy atom. The predicted molar refractivity (Wildman–Crippen MR) is 126 cm³/mol. The van der Waals surface area contributed by atoms with Crippen molar-refractivity contribution in [2.45, 2.75) is 52.1 Å². The molecule has 2 aromatic heterocycles. The monoisotopic (exact) mass is 431 g/mol. The number of aromatic nitrogens is 4. The fourth-order valence-electron chi connectivity index (χ4n) is 3.93. The Morgan fingerprint density at radius 1 is 1.03 bits per heavy atom. The first kappa shape index (κ1) is 21.7. The first-order valence-electron chi connectivity index (χ1n) is 11.2. The Bertz CT molecular complexity index is 1240. The molecule has 0 aliphatic rings. The average Bonchev–Trinajstić information content (AvgIpc) is 3.22.